The van der Waals surface area contributed by atoms with E-state index in [2.05, 4.69) is 25.7 Å². The van der Waals surface area contributed by atoms with Gasteiger partial charge < -0.3 is 21.0 Å². The maximum absolute atomic E-state index is 13.2. The van der Waals surface area contributed by atoms with Crippen LogP contribution in [-0.2, 0) is 19.2 Å². The van der Waals surface area contributed by atoms with Gasteiger partial charge in [-0.15, -0.1) is 26.1 Å². The smallest absolute Gasteiger partial charge is 0.418 e. The highest BCUT2D eigenvalue weighted by Crippen LogP contribution is 2.36. The van der Waals surface area contributed by atoms with Crippen molar-refractivity contribution in [1.29, 1.82) is 0 Å². The number of nitrogens with one attached hydrogen (secondary N) is 1. The van der Waals surface area contributed by atoms with E-state index in [4.69, 9.17) is 10.6 Å². The monoisotopic (exact) mass is 558 g/mol. The van der Waals surface area contributed by atoms with Gasteiger partial charge in [-0.05, 0) is 0 Å². The van der Waals surface area contributed by atoms with Crippen molar-refractivity contribution >= 4 is 80.5 Å². The maximum Gasteiger partial charge on any atom is 0.418 e. The molecule has 0 aromatic carbocycles. The molecule has 17 heteroatoms. The second-order valence-electron chi connectivity index (χ2n) is 7.69. The number of amides is 2. The van der Waals surface area contributed by atoms with E-state index < -0.39 is 41.5 Å². The molecule has 2 fully saturated rings. The number of carbonyl (C=O) groups is 3. The summed E-state index contributed by atoms with van der Waals surface area (Å²) in [5, 5.41) is 25.0. The SMILES string of the molecule is Nc1nc(C(=NOC2CC2F)C(=O)N[C@@H]2C(=O)[N+]3=C(C(=O)O)C(CSc4nncs4)CS[C@@H]23)cs1. The molecule has 35 heavy (non-hydrogen) atoms. The van der Waals surface area contributed by atoms with Gasteiger partial charge in [0.2, 0.25) is 11.4 Å². The molecule has 184 valence electrons. The number of fused-ring (bicyclic) bond motifs is 1. The Hall–Kier alpha value is -2.63. The average Bonchev–Trinajstić information content (AvgIpc) is 3.20. The number of thiazole rings is 1. The van der Waals surface area contributed by atoms with Crippen molar-refractivity contribution in [2.45, 2.75) is 34.5 Å². The Kier molecular flexibility index (Phi) is 6.73. The Morgan fingerprint density at radius 3 is 2.86 bits per heavy atom. The molecule has 1 aliphatic carbocycles. The third-order valence-electron chi connectivity index (χ3n) is 5.33. The first kappa shape index (κ1) is 24.1. The Morgan fingerprint density at radius 1 is 1.43 bits per heavy atom. The van der Waals surface area contributed by atoms with Gasteiger partial charge in [0.25, 0.3) is 11.6 Å². The first-order chi connectivity index (χ1) is 16.8. The van der Waals surface area contributed by atoms with Gasteiger partial charge in [-0.1, -0.05) is 40.0 Å². The van der Waals surface area contributed by atoms with Gasteiger partial charge in [0.1, 0.15) is 17.4 Å². The molecule has 12 nitrogen and oxygen atoms in total. The van der Waals surface area contributed by atoms with Crippen LogP contribution >= 0.6 is 46.2 Å². The zero-order chi connectivity index (χ0) is 24.7. The summed E-state index contributed by atoms with van der Waals surface area (Å²) in [4.78, 5) is 47.1. The minimum Gasteiger partial charge on any atom is -0.474 e. The lowest BCUT2D eigenvalue weighted by atomic mass is 10.0. The van der Waals surface area contributed by atoms with Gasteiger partial charge in [0, 0.05) is 23.3 Å². The first-order valence-corrected chi connectivity index (χ1v) is 14.0. The number of nitrogen functional groups attached to an aromatic ring is 1. The molecule has 2 aromatic rings. The number of aromatic nitrogens is 3. The van der Waals surface area contributed by atoms with E-state index in [0.29, 0.717) is 15.8 Å². The second kappa shape index (κ2) is 9.79. The number of halogens is 1. The van der Waals surface area contributed by atoms with E-state index in [9.17, 15) is 23.9 Å². The van der Waals surface area contributed by atoms with Crippen LogP contribution in [0.25, 0.3) is 0 Å². The quantitative estimate of drug-likeness (QED) is 0.128. The molecule has 5 rings (SSSR count). The summed E-state index contributed by atoms with van der Waals surface area (Å²) in [6.07, 6.45) is -1.70. The zero-order valence-corrected chi connectivity index (χ0v) is 20.8. The molecule has 3 aliphatic rings. The number of hydrogen-bond acceptors (Lipinski definition) is 13. The minimum atomic E-state index is -1.19. The van der Waals surface area contributed by atoms with Crippen molar-refractivity contribution < 1.29 is 33.3 Å². The van der Waals surface area contributed by atoms with E-state index in [1.54, 1.807) is 5.51 Å². The average molecular weight is 559 g/mol. The molecular formula is C18H17FN7O5S4+. The van der Waals surface area contributed by atoms with E-state index in [1.165, 1.54) is 44.8 Å². The van der Waals surface area contributed by atoms with E-state index >= 15 is 0 Å². The zero-order valence-electron chi connectivity index (χ0n) is 17.6. The largest absolute Gasteiger partial charge is 0.474 e. The van der Waals surface area contributed by atoms with Crippen molar-refractivity contribution in [3.8, 4) is 0 Å². The van der Waals surface area contributed by atoms with Crippen LogP contribution in [0.4, 0.5) is 9.52 Å². The number of alkyl halides is 1. The van der Waals surface area contributed by atoms with Crippen LogP contribution in [0.2, 0.25) is 0 Å². The van der Waals surface area contributed by atoms with Crippen LogP contribution in [0.1, 0.15) is 12.1 Å². The fraction of sp³-hybridized carbons (Fsp3) is 0.444. The van der Waals surface area contributed by atoms with Crippen LogP contribution in [0, 0.1) is 5.92 Å². The molecular weight excluding hydrogens is 542 g/mol. The maximum atomic E-state index is 13.2. The van der Waals surface area contributed by atoms with Crippen molar-refractivity contribution in [3.05, 3.63) is 16.6 Å². The summed E-state index contributed by atoms with van der Waals surface area (Å²) in [5.74, 6) is -2.00. The summed E-state index contributed by atoms with van der Waals surface area (Å²) >= 11 is 5.19. The predicted octanol–water partition coefficient (Wildman–Crippen LogP) is 0.452. The summed E-state index contributed by atoms with van der Waals surface area (Å²) in [6.45, 7) is 0. The number of β-lactam (4-membered cyclic amide) rings is 1. The number of carbonyl (C=O) groups excluding carboxylic acids is 2. The summed E-state index contributed by atoms with van der Waals surface area (Å²) in [5.41, 5.74) is 7.13. The number of rotatable bonds is 9. The van der Waals surface area contributed by atoms with Gasteiger partial charge in [-0.2, -0.15) is 0 Å². The summed E-state index contributed by atoms with van der Waals surface area (Å²) in [7, 11) is 0. The highest BCUT2D eigenvalue weighted by atomic mass is 32.2. The lowest BCUT2D eigenvalue weighted by molar-refractivity contribution is -0.513. The number of hydrogen-bond donors (Lipinski definition) is 3. The second-order valence-corrected chi connectivity index (χ2v) is 11.8. The van der Waals surface area contributed by atoms with Gasteiger partial charge in [-0.25, -0.2) is 19.0 Å². The van der Waals surface area contributed by atoms with E-state index in [0.717, 1.165) is 11.3 Å². The molecule has 5 atom stereocenters. The predicted molar refractivity (Wildman–Crippen MR) is 128 cm³/mol. The standard InChI is InChI=1S/C18H16FN7O5S4/c19-7-1-9(7)31-25-10(8-4-33-17(20)22-8)13(27)23-11-14(28)26-12(16(29)30)6(2-32-15(11)26)3-34-18-24-21-5-35-18/h4-7,9,11,15H,1-3H2,(H3-,20,22,23,27,29,30)/p+1/t6?,7?,9?,11-,15+/m1/s1. The Bertz CT molecular complexity index is 1240. The molecule has 2 aromatic heterocycles. The van der Waals surface area contributed by atoms with Crippen molar-refractivity contribution in [1.82, 2.24) is 20.5 Å². The van der Waals surface area contributed by atoms with E-state index in [1.807, 2.05) is 0 Å². The Labute approximate surface area is 213 Å². The Balaban J connectivity index is 1.31. The molecule has 0 spiro atoms. The van der Waals surface area contributed by atoms with Crippen LogP contribution in [0.5, 0.6) is 0 Å². The molecule has 0 bridgehead atoms. The number of aliphatic carboxylic acids is 1. The van der Waals surface area contributed by atoms with Gasteiger partial charge in [0.15, 0.2) is 21.3 Å². The van der Waals surface area contributed by atoms with Crippen molar-refractivity contribution in [2.75, 3.05) is 17.2 Å². The number of oxime groups is 1. The molecule has 4 heterocycles. The van der Waals surface area contributed by atoms with Crippen molar-refractivity contribution in [2.24, 2.45) is 11.1 Å². The number of carboxylic acid groups (broad SMARTS) is 1. The van der Waals surface area contributed by atoms with Gasteiger partial charge >= 0.3 is 11.9 Å². The molecule has 3 unspecified atom stereocenters. The normalized spacial score (nSPS) is 27.7. The fourth-order valence-corrected chi connectivity index (χ4v) is 7.25. The lowest BCUT2D eigenvalue weighted by Crippen LogP contribution is -2.70. The molecule has 4 N–H and O–H groups in total. The first-order valence-electron chi connectivity index (χ1n) is 10.2. The summed E-state index contributed by atoms with van der Waals surface area (Å²) < 4.78 is 15.1. The third-order valence-corrected chi connectivity index (χ3v) is 9.44. The molecule has 1 saturated carbocycles. The summed E-state index contributed by atoms with van der Waals surface area (Å²) in [6, 6.07) is -0.963. The highest BCUT2D eigenvalue weighted by Gasteiger charge is 2.62. The number of nitrogens with zero attached hydrogens (tertiary/aromatic N) is 5. The fourth-order valence-electron chi connectivity index (χ4n) is 3.50. The number of thioether (sulfide) groups is 2. The third kappa shape index (κ3) is 4.89. The number of anilines is 1. The lowest BCUT2D eigenvalue weighted by Gasteiger charge is -2.35. The minimum absolute atomic E-state index is 0.00603. The van der Waals surface area contributed by atoms with Gasteiger partial charge in [0.05, 0.1) is 5.92 Å². The van der Waals surface area contributed by atoms with Crippen LogP contribution in [-0.4, -0.2) is 89.3 Å². The number of nitrogens with two attached hydrogens (primary N) is 1. The topological polar surface area (TPSA) is 173 Å². The molecule has 2 amide bonds. The van der Waals surface area contributed by atoms with Gasteiger partial charge in [-0.3, -0.25) is 4.79 Å². The van der Waals surface area contributed by atoms with Crippen LogP contribution in [0.15, 0.2) is 20.4 Å². The van der Waals surface area contributed by atoms with Crippen molar-refractivity contribution in [3.63, 3.8) is 0 Å². The van der Waals surface area contributed by atoms with Crippen LogP contribution < -0.4 is 11.1 Å². The number of carboxylic acids is 1. The molecule has 2 aliphatic heterocycles. The Morgan fingerprint density at radius 2 is 2.23 bits per heavy atom. The van der Waals surface area contributed by atoms with E-state index in [-0.39, 0.29) is 34.6 Å². The highest BCUT2D eigenvalue weighted by molar-refractivity contribution is 8.01. The molecule has 1 saturated heterocycles. The molecule has 0 radical (unpaired) electrons. The van der Waals surface area contributed by atoms with Crippen LogP contribution in [0.3, 0.4) is 0 Å².